The lowest BCUT2D eigenvalue weighted by Crippen LogP contribution is -2.39. The fourth-order valence-corrected chi connectivity index (χ4v) is 4.06. The Kier molecular flexibility index (Phi) is 2.75. The Labute approximate surface area is 89.5 Å². The van der Waals surface area contributed by atoms with E-state index in [4.69, 9.17) is 5.21 Å². The van der Waals surface area contributed by atoms with Gasteiger partial charge in [-0.05, 0) is 39.9 Å². The molecule has 1 spiro atoms. The van der Waals surface area contributed by atoms with Gasteiger partial charge in [-0.15, -0.1) is 11.8 Å². The van der Waals surface area contributed by atoms with Crippen molar-refractivity contribution < 1.29 is 5.21 Å². The molecule has 2 heterocycles. The first-order chi connectivity index (χ1) is 6.65. The van der Waals surface area contributed by atoms with Gasteiger partial charge in [0.15, 0.2) is 0 Å². The summed E-state index contributed by atoms with van der Waals surface area (Å²) in [6.45, 7) is 4.50. The van der Waals surface area contributed by atoms with Crippen LogP contribution in [0.4, 0.5) is 0 Å². The average Bonchev–Trinajstić information content (AvgIpc) is 2.49. The second-order valence-electron chi connectivity index (χ2n) is 4.51. The summed E-state index contributed by atoms with van der Waals surface area (Å²) in [6, 6.07) is 0. The zero-order valence-electron chi connectivity index (χ0n) is 8.86. The molecule has 0 saturated carbocycles. The minimum Gasteiger partial charge on any atom is -0.411 e. The van der Waals surface area contributed by atoms with Crippen molar-refractivity contribution in [3.8, 4) is 0 Å². The van der Waals surface area contributed by atoms with Crippen molar-refractivity contribution in [3.05, 3.63) is 0 Å². The summed E-state index contributed by atoms with van der Waals surface area (Å²) >= 11 is 2.01. The summed E-state index contributed by atoms with van der Waals surface area (Å²) in [4.78, 5) is 2.38. The van der Waals surface area contributed by atoms with E-state index in [1.807, 2.05) is 11.8 Å². The van der Waals surface area contributed by atoms with Crippen molar-refractivity contribution in [1.29, 1.82) is 0 Å². The molecule has 0 amide bonds. The predicted octanol–water partition coefficient (Wildman–Crippen LogP) is 1.81. The largest absolute Gasteiger partial charge is 0.411 e. The minimum absolute atomic E-state index is 0.382. The van der Waals surface area contributed by atoms with Crippen LogP contribution in [0, 0.1) is 0 Å². The first kappa shape index (κ1) is 10.3. The molecule has 14 heavy (non-hydrogen) atoms. The van der Waals surface area contributed by atoms with Crippen LogP contribution >= 0.6 is 11.8 Å². The summed E-state index contributed by atoms with van der Waals surface area (Å²) in [7, 11) is 2.18. The third-order valence-corrected chi connectivity index (χ3v) is 5.10. The van der Waals surface area contributed by atoms with Gasteiger partial charge in [-0.25, -0.2) is 0 Å². The molecule has 0 bridgehead atoms. The lowest BCUT2D eigenvalue weighted by atomic mass is 9.90. The second kappa shape index (κ2) is 3.74. The van der Waals surface area contributed by atoms with Crippen molar-refractivity contribution >= 4 is 17.5 Å². The van der Waals surface area contributed by atoms with Gasteiger partial charge in [-0.3, -0.25) is 0 Å². The topological polar surface area (TPSA) is 35.8 Å². The summed E-state index contributed by atoms with van der Waals surface area (Å²) in [5.41, 5.74) is 0.986. The van der Waals surface area contributed by atoms with Gasteiger partial charge in [0.1, 0.15) is 0 Å². The van der Waals surface area contributed by atoms with E-state index in [0.717, 1.165) is 12.1 Å². The van der Waals surface area contributed by atoms with Crippen LogP contribution in [0.15, 0.2) is 5.16 Å². The van der Waals surface area contributed by atoms with Crippen LogP contribution in [0.5, 0.6) is 0 Å². The highest BCUT2D eigenvalue weighted by Crippen LogP contribution is 2.47. The highest BCUT2D eigenvalue weighted by molar-refractivity contribution is 8.02. The normalized spacial score (nSPS) is 35.6. The molecule has 0 aromatic rings. The van der Waals surface area contributed by atoms with E-state index in [1.165, 1.54) is 25.9 Å². The first-order valence-corrected chi connectivity index (χ1v) is 6.10. The van der Waals surface area contributed by atoms with E-state index in [9.17, 15) is 0 Å². The van der Waals surface area contributed by atoms with Gasteiger partial charge in [0.25, 0.3) is 0 Å². The standard InChI is InChI=1S/C10H18N2OS/c1-8-9(11-13)7-10(14-8)3-5-12(2)6-4-10/h8,13H,3-7H2,1-2H3. The van der Waals surface area contributed by atoms with Crippen LogP contribution in [0.1, 0.15) is 26.2 Å². The summed E-state index contributed by atoms with van der Waals surface area (Å²) in [5, 5.41) is 12.7. The van der Waals surface area contributed by atoms with Gasteiger partial charge in [0.05, 0.1) is 5.71 Å². The maximum Gasteiger partial charge on any atom is 0.0711 e. The van der Waals surface area contributed by atoms with Gasteiger partial charge < -0.3 is 10.1 Å². The Morgan fingerprint density at radius 2 is 2.14 bits per heavy atom. The maximum atomic E-state index is 8.87. The van der Waals surface area contributed by atoms with Crippen molar-refractivity contribution in [2.24, 2.45) is 5.16 Å². The van der Waals surface area contributed by atoms with Crippen molar-refractivity contribution in [3.63, 3.8) is 0 Å². The molecule has 0 aliphatic carbocycles. The van der Waals surface area contributed by atoms with Crippen LogP contribution in [0.3, 0.4) is 0 Å². The lowest BCUT2D eigenvalue weighted by Gasteiger charge is -2.36. The first-order valence-electron chi connectivity index (χ1n) is 5.22. The van der Waals surface area contributed by atoms with Gasteiger partial charge in [0.2, 0.25) is 0 Å². The molecule has 2 rings (SSSR count). The van der Waals surface area contributed by atoms with E-state index >= 15 is 0 Å². The number of hydrogen-bond donors (Lipinski definition) is 1. The van der Waals surface area contributed by atoms with E-state index in [-0.39, 0.29) is 0 Å². The second-order valence-corrected chi connectivity index (χ2v) is 6.32. The fraction of sp³-hybridized carbons (Fsp3) is 0.900. The molecule has 2 fully saturated rings. The Hall–Kier alpha value is -0.220. The molecule has 1 unspecified atom stereocenters. The molecular weight excluding hydrogens is 196 g/mol. The molecule has 4 heteroatoms. The van der Waals surface area contributed by atoms with Crippen LogP contribution in [0.25, 0.3) is 0 Å². The lowest BCUT2D eigenvalue weighted by molar-refractivity contribution is 0.242. The van der Waals surface area contributed by atoms with Crippen LogP contribution in [-0.4, -0.2) is 46.0 Å². The fourth-order valence-electron chi connectivity index (χ4n) is 2.40. The number of thioether (sulfide) groups is 1. The average molecular weight is 214 g/mol. The quantitative estimate of drug-likeness (QED) is 0.493. The molecule has 2 aliphatic heterocycles. The summed E-state index contributed by atoms with van der Waals surface area (Å²) in [5.74, 6) is 0. The monoisotopic (exact) mass is 214 g/mol. The zero-order valence-corrected chi connectivity index (χ0v) is 9.68. The molecule has 2 aliphatic rings. The number of nitrogens with zero attached hydrogens (tertiary/aromatic N) is 2. The summed E-state index contributed by atoms with van der Waals surface area (Å²) < 4.78 is 0.382. The molecule has 0 aromatic heterocycles. The van der Waals surface area contributed by atoms with E-state index < -0.39 is 0 Å². The van der Waals surface area contributed by atoms with E-state index in [2.05, 4.69) is 24.0 Å². The van der Waals surface area contributed by atoms with Gasteiger partial charge in [-0.2, -0.15) is 0 Å². The van der Waals surface area contributed by atoms with Crippen LogP contribution in [0.2, 0.25) is 0 Å². The Balaban J connectivity index is 2.06. The molecule has 1 N–H and O–H groups in total. The number of oxime groups is 1. The van der Waals surface area contributed by atoms with Crippen LogP contribution in [-0.2, 0) is 0 Å². The molecule has 0 radical (unpaired) electrons. The Morgan fingerprint density at radius 1 is 1.50 bits per heavy atom. The minimum atomic E-state index is 0.382. The van der Waals surface area contributed by atoms with Gasteiger partial charge in [-0.1, -0.05) is 5.16 Å². The highest BCUT2D eigenvalue weighted by Gasteiger charge is 2.43. The number of rotatable bonds is 0. The highest BCUT2D eigenvalue weighted by atomic mass is 32.2. The molecule has 80 valence electrons. The third kappa shape index (κ3) is 1.77. The number of likely N-dealkylation sites (tertiary alicyclic amines) is 1. The Morgan fingerprint density at radius 3 is 2.64 bits per heavy atom. The molecule has 1 atom stereocenters. The third-order valence-electron chi connectivity index (χ3n) is 3.43. The van der Waals surface area contributed by atoms with Crippen molar-refractivity contribution in [1.82, 2.24) is 4.90 Å². The maximum absolute atomic E-state index is 8.87. The van der Waals surface area contributed by atoms with Crippen LogP contribution < -0.4 is 0 Å². The Bertz CT molecular complexity index is 247. The predicted molar refractivity (Wildman–Crippen MR) is 60.4 cm³/mol. The molecular formula is C10H18N2OS. The smallest absolute Gasteiger partial charge is 0.0711 e. The SMILES string of the molecule is CC1SC2(CCN(C)CC2)CC1=NO. The number of piperidine rings is 1. The van der Waals surface area contributed by atoms with E-state index in [1.54, 1.807) is 0 Å². The zero-order chi connectivity index (χ0) is 10.2. The molecule has 0 aromatic carbocycles. The molecule has 3 nitrogen and oxygen atoms in total. The molecule has 2 saturated heterocycles. The van der Waals surface area contributed by atoms with Crippen molar-refractivity contribution in [2.45, 2.75) is 36.2 Å². The van der Waals surface area contributed by atoms with Gasteiger partial charge >= 0.3 is 0 Å². The van der Waals surface area contributed by atoms with Crippen molar-refractivity contribution in [2.75, 3.05) is 20.1 Å². The number of hydrogen-bond acceptors (Lipinski definition) is 4. The van der Waals surface area contributed by atoms with E-state index in [0.29, 0.717) is 10.00 Å². The summed E-state index contributed by atoms with van der Waals surface area (Å²) in [6.07, 6.45) is 3.46. The van der Waals surface area contributed by atoms with Gasteiger partial charge in [0, 0.05) is 16.4 Å².